The molecule has 0 spiro atoms. The van der Waals surface area contributed by atoms with Crippen molar-refractivity contribution in [1.29, 1.82) is 0 Å². The first-order valence-electron chi connectivity index (χ1n) is 8.40. The van der Waals surface area contributed by atoms with Crippen LogP contribution in [-0.4, -0.2) is 41.3 Å². The van der Waals surface area contributed by atoms with Gasteiger partial charge in [0, 0.05) is 39.3 Å². The maximum atomic E-state index is 11.9. The molecule has 0 radical (unpaired) electrons. The van der Waals surface area contributed by atoms with Gasteiger partial charge in [-0.25, -0.2) is 0 Å². The summed E-state index contributed by atoms with van der Waals surface area (Å²) < 4.78 is 1.82. The number of rotatable bonds is 6. The largest absolute Gasteiger partial charge is 0.356 e. The molecule has 2 rings (SSSR count). The third-order valence-corrected chi connectivity index (χ3v) is 4.20. The van der Waals surface area contributed by atoms with Crippen LogP contribution in [0.25, 0.3) is 0 Å². The molecule has 1 aromatic rings. The number of nitrogens with zero attached hydrogens (tertiary/aromatic N) is 3. The molecule has 8 heteroatoms. The van der Waals surface area contributed by atoms with E-state index in [1.54, 1.807) is 13.2 Å². The highest BCUT2D eigenvalue weighted by molar-refractivity contribution is 14.0. The number of halogens is 1. The average molecular weight is 448 g/mol. The molecule has 0 aliphatic heterocycles. The van der Waals surface area contributed by atoms with Gasteiger partial charge in [0.15, 0.2) is 5.96 Å². The lowest BCUT2D eigenvalue weighted by Gasteiger charge is -2.22. The lowest BCUT2D eigenvalue weighted by atomic mass is 9.95. The van der Waals surface area contributed by atoms with Crippen LogP contribution in [0.4, 0.5) is 0 Å². The first kappa shape index (κ1) is 20.7. The molecule has 0 atom stereocenters. The van der Waals surface area contributed by atoms with Crippen molar-refractivity contribution < 1.29 is 4.79 Å². The number of hydrogen-bond acceptors (Lipinski definition) is 3. The Morgan fingerprint density at radius 1 is 1.33 bits per heavy atom. The summed E-state index contributed by atoms with van der Waals surface area (Å²) >= 11 is 0. The number of carbonyl (C=O) groups is 1. The third-order valence-electron chi connectivity index (χ3n) is 4.20. The number of aromatic nitrogens is 2. The maximum absolute atomic E-state index is 11.9. The van der Waals surface area contributed by atoms with Crippen LogP contribution in [0.2, 0.25) is 0 Å². The number of nitrogens with one attached hydrogen (secondary N) is 3. The van der Waals surface area contributed by atoms with Crippen LogP contribution in [0, 0.1) is 0 Å². The second-order valence-corrected chi connectivity index (χ2v) is 5.95. The summed E-state index contributed by atoms with van der Waals surface area (Å²) in [5.74, 6) is 0.808. The van der Waals surface area contributed by atoms with Crippen molar-refractivity contribution in [3.8, 4) is 0 Å². The zero-order chi connectivity index (χ0) is 16.5. The van der Waals surface area contributed by atoms with Crippen molar-refractivity contribution in [2.24, 2.45) is 12.0 Å². The second kappa shape index (κ2) is 11.3. The van der Waals surface area contributed by atoms with Crippen LogP contribution in [0.3, 0.4) is 0 Å². The predicted octanol–water partition coefficient (Wildman–Crippen LogP) is 1.54. The first-order valence-corrected chi connectivity index (χ1v) is 8.40. The van der Waals surface area contributed by atoms with Crippen molar-refractivity contribution in [3.05, 3.63) is 18.0 Å². The Labute approximate surface area is 161 Å². The van der Waals surface area contributed by atoms with Gasteiger partial charge in [-0.2, -0.15) is 5.10 Å². The second-order valence-electron chi connectivity index (χ2n) is 5.95. The minimum atomic E-state index is 0. The van der Waals surface area contributed by atoms with Crippen LogP contribution in [0.5, 0.6) is 0 Å². The molecule has 0 saturated heterocycles. The molecule has 1 saturated carbocycles. The van der Waals surface area contributed by atoms with E-state index in [0.717, 1.165) is 18.5 Å². The molecule has 1 aromatic heterocycles. The molecule has 1 aliphatic carbocycles. The number of aryl methyl sites for hydroxylation is 1. The Morgan fingerprint density at radius 3 is 2.71 bits per heavy atom. The van der Waals surface area contributed by atoms with Gasteiger partial charge < -0.3 is 16.0 Å². The van der Waals surface area contributed by atoms with Gasteiger partial charge in [-0.15, -0.1) is 24.0 Å². The minimum Gasteiger partial charge on any atom is -0.356 e. The van der Waals surface area contributed by atoms with E-state index in [4.69, 9.17) is 0 Å². The van der Waals surface area contributed by atoms with E-state index < -0.39 is 0 Å². The van der Waals surface area contributed by atoms with Gasteiger partial charge >= 0.3 is 0 Å². The van der Waals surface area contributed by atoms with Crippen LogP contribution >= 0.6 is 24.0 Å². The molecule has 0 aromatic carbocycles. The lowest BCUT2D eigenvalue weighted by Crippen LogP contribution is -2.41. The molecule has 24 heavy (non-hydrogen) atoms. The number of carbonyl (C=O) groups excluding carboxylic acids is 1. The van der Waals surface area contributed by atoms with E-state index in [1.165, 1.54) is 19.3 Å². The van der Waals surface area contributed by atoms with E-state index in [0.29, 0.717) is 31.5 Å². The van der Waals surface area contributed by atoms with Gasteiger partial charge in [-0.1, -0.05) is 19.3 Å². The Kier molecular flexibility index (Phi) is 9.73. The normalized spacial score (nSPS) is 15.5. The zero-order valence-electron chi connectivity index (χ0n) is 14.5. The van der Waals surface area contributed by atoms with Crippen LogP contribution in [0.15, 0.2) is 17.3 Å². The van der Waals surface area contributed by atoms with E-state index >= 15 is 0 Å². The highest BCUT2D eigenvalue weighted by Gasteiger charge is 2.15. The molecule has 3 N–H and O–H groups in total. The maximum Gasteiger partial charge on any atom is 0.221 e. The molecule has 1 fully saturated rings. The van der Waals surface area contributed by atoms with Crippen molar-refractivity contribution >= 4 is 35.8 Å². The molecular weight excluding hydrogens is 419 g/mol. The van der Waals surface area contributed by atoms with Crippen molar-refractivity contribution in [2.75, 3.05) is 13.6 Å². The first-order chi connectivity index (χ1) is 11.2. The smallest absolute Gasteiger partial charge is 0.221 e. The number of amides is 1. The van der Waals surface area contributed by atoms with Crippen molar-refractivity contribution in [1.82, 2.24) is 25.7 Å². The molecular formula is C16H29IN6O. The summed E-state index contributed by atoms with van der Waals surface area (Å²) in [6.07, 6.45) is 8.22. The van der Waals surface area contributed by atoms with Gasteiger partial charge in [0.1, 0.15) is 0 Å². The van der Waals surface area contributed by atoms with Crippen LogP contribution in [0.1, 0.15) is 44.2 Å². The quantitative estimate of drug-likeness (QED) is 0.350. The van der Waals surface area contributed by atoms with Gasteiger partial charge in [0.2, 0.25) is 5.91 Å². The Balaban J connectivity index is 0.00000288. The molecule has 1 aliphatic rings. The highest BCUT2D eigenvalue weighted by atomic mass is 127. The fourth-order valence-corrected chi connectivity index (χ4v) is 2.81. The van der Waals surface area contributed by atoms with E-state index in [-0.39, 0.29) is 29.9 Å². The van der Waals surface area contributed by atoms with Gasteiger partial charge in [-0.3, -0.25) is 14.5 Å². The monoisotopic (exact) mass is 448 g/mol. The van der Waals surface area contributed by atoms with Crippen molar-refractivity contribution in [3.63, 3.8) is 0 Å². The molecule has 0 bridgehead atoms. The fourth-order valence-electron chi connectivity index (χ4n) is 2.81. The molecule has 1 heterocycles. The van der Waals surface area contributed by atoms with Crippen molar-refractivity contribution in [2.45, 2.75) is 51.1 Å². The Morgan fingerprint density at radius 2 is 2.08 bits per heavy atom. The summed E-state index contributed by atoms with van der Waals surface area (Å²) in [6, 6.07) is 2.33. The fraction of sp³-hybridized carbons (Fsp3) is 0.688. The Bertz CT molecular complexity index is 524. The van der Waals surface area contributed by atoms with Gasteiger partial charge in [0.05, 0.1) is 12.2 Å². The summed E-state index contributed by atoms with van der Waals surface area (Å²) in [7, 11) is 3.63. The molecule has 136 valence electrons. The van der Waals surface area contributed by atoms with Crippen LogP contribution < -0.4 is 16.0 Å². The molecule has 1 amide bonds. The standard InChI is InChI=1S/C16H28N6O.HI/c1-17-16(19-12-14-8-11-20-22(14)2)18-10-9-15(23)21-13-6-4-3-5-7-13;/h8,11,13H,3-7,9-10,12H2,1-2H3,(H,21,23)(H2,17,18,19);1H. The van der Waals surface area contributed by atoms with Crippen LogP contribution in [-0.2, 0) is 18.4 Å². The van der Waals surface area contributed by atoms with E-state index in [2.05, 4.69) is 26.0 Å². The van der Waals surface area contributed by atoms with E-state index in [9.17, 15) is 4.79 Å². The van der Waals surface area contributed by atoms with E-state index in [1.807, 2.05) is 17.8 Å². The summed E-state index contributed by atoms with van der Waals surface area (Å²) in [4.78, 5) is 16.1. The Hall–Kier alpha value is -1.32. The third kappa shape index (κ3) is 7.06. The molecule has 7 nitrogen and oxygen atoms in total. The topological polar surface area (TPSA) is 83.3 Å². The summed E-state index contributed by atoms with van der Waals surface area (Å²) in [5, 5.41) is 13.6. The lowest BCUT2D eigenvalue weighted by molar-refractivity contribution is -0.121. The number of guanidine groups is 1. The zero-order valence-corrected chi connectivity index (χ0v) is 16.9. The SMILES string of the molecule is CN=C(NCCC(=O)NC1CCCCC1)NCc1ccnn1C.I. The summed E-state index contributed by atoms with van der Waals surface area (Å²) in [6.45, 7) is 1.22. The van der Waals surface area contributed by atoms with Gasteiger partial charge in [0.25, 0.3) is 0 Å². The summed E-state index contributed by atoms with van der Waals surface area (Å²) in [5.41, 5.74) is 1.07. The average Bonchev–Trinajstić information content (AvgIpc) is 2.97. The number of aliphatic imine (C=N–C) groups is 1. The minimum absolute atomic E-state index is 0. The van der Waals surface area contributed by atoms with Gasteiger partial charge in [-0.05, 0) is 18.9 Å². The predicted molar refractivity (Wildman–Crippen MR) is 106 cm³/mol. The highest BCUT2D eigenvalue weighted by Crippen LogP contribution is 2.17. The molecule has 0 unspecified atom stereocenters. The number of hydrogen-bond donors (Lipinski definition) is 3.